The van der Waals surface area contributed by atoms with E-state index in [0.717, 1.165) is 13.1 Å². The highest BCUT2D eigenvalue weighted by Crippen LogP contribution is 2.02. The molecule has 0 saturated carbocycles. The summed E-state index contributed by atoms with van der Waals surface area (Å²) >= 11 is 0. The summed E-state index contributed by atoms with van der Waals surface area (Å²) in [5.74, 6) is 0. The van der Waals surface area contributed by atoms with Crippen LogP contribution in [0.25, 0.3) is 0 Å². The second kappa shape index (κ2) is 8.75. The molecule has 1 rings (SSSR count). The molecule has 0 aliphatic heterocycles. The second-order valence-electron chi connectivity index (χ2n) is 3.87. The van der Waals surface area contributed by atoms with Crippen LogP contribution in [0.15, 0.2) is 24.3 Å². The normalized spacial score (nSPS) is 9.73. The van der Waals surface area contributed by atoms with Gasteiger partial charge in [0.15, 0.2) is 0 Å². The monoisotopic (exact) mass is 227 g/mol. The Bertz CT molecular complexity index is 243. The highest BCUT2D eigenvalue weighted by Gasteiger charge is 1.91. The van der Waals surface area contributed by atoms with E-state index in [-0.39, 0.29) is 12.4 Å². The molecule has 0 saturated heterocycles. The predicted octanol–water partition coefficient (Wildman–Crippen LogP) is 3.70. The largest absolute Gasteiger partial charge is 0.313 e. The van der Waals surface area contributed by atoms with Gasteiger partial charge in [0.25, 0.3) is 0 Å². The molecule has 15 heavy (non-hydrogen) atoms. The van der Waals surface area contributed by atoms with E-state index in [0.29, 0.717) is 0 Å². The Labute approximate surface area is 99.7 Å². The summed E-state index contributed by atoms with van der Waals surface area (Å²) < 4.78 is 0. The minimum atomic E-state index is 0. The predicted molar refractivity (Wildman–Crippen MR) is 69.7 cm³/mol. The maximum Gasteiger partial charge on any atom is 0.0205 e. The Kier molecular flexibility index (Phi) is 8.44. The van der Waals surface area contributed by atoms with Gasteiger partial charge in [-0.2, -0.15) is 0 Å². The highest BCUT2D eigenvalue weighted by atomic mass is 35.5. The molecule has 86 valence electrons. The average molecular weight is 228 g/mol. The van der Waals surface area contributed by atoms with Crippen LogP contribution in [0.1, 0.15) is 37.3 Å². The minimum absolute atomic E-state index is 0. The van der Waals surface area contributed by atoms with Crippen molar-refractivity contribution < 1.29 is 0 Å². The van der Waals surface area contributed by atoms with Crippen LogP contribution in [0.2, 0.25) is 0 Å². The van der Waals surface area contributed by atoms with E-state index in [4.69, 9.17) is 0 Å². The fraction of sp³-hybridized carbons (Fsp3) is 0.538. The first-order chi connectivity index (χ1) is 6.83. The zero-order valence-corrected chi connectivity index (χ0v) is 10.6. The molecule has 1 nitrogen and oxygen atoms in total. The van der Waals surface area contributed by atoms with Gasteiger partial charge >= 0.3 is 0 Å². The molecule has 1 aromatic carbocycles. The van der Waals surface area contributed by atoms with Crippen molar-refractivity contribution in [3.8, 4) is 0 Å². The molecule has 0 aromatic heterocycles. The number of aryl methyl sites for hydroxylation is 1. The zero-order chi connectivity index (χ0) is 10.2. The molecule has 0 unspecified atom stereocenters. The maximum absolute atomic E-state index is 3.46. The Morgan fingerprint density at radius 3 is 2.33 bits per heavy atom. The van der Waals surface area contributed by atoms with Crippen LogP contribution in [0.5, 0.6) is 0 Å². The molecule has 1 aromatic rings. The maximum atomic E-state index is 3.46. The number of unbranched alkanes of at least 4 members (excludes halogenated alkanes) is 2. The van der Waals surface area contributed by atoms with E-state index in [1.165, 1.54) is 30.4 Å². The fourth-order valence-electron chi connectivity index (χ4n) is 1.44. The molecule has 0 spiro atoms. The fourth-order valence-corrected chi connectivity index (χ4v) is 1.44. The molecule has 0 fully saturated rings. The Morgan fingerprint density at radius 1 is 1.07 bits per heavy atom. The standard InChI is InChI=1S/C13H21N.ClH/c1-3-4-5-10-14-11-13-8-6-12(2)7-9-13;/h6-9,14H,3-5,10-11H2,1-2H3;1H. The quantitative estimate of drug-likeness (QED) is 0.731. The van der Waals surface area contributed by atoms with Gasteiger partial charge in [-0.05, 0) is 25.5 Å². The molecule has 2 heteroatoms. The van der Waals surface area contributed by atoms with Crippen molar-refractivity contribution in [3.05, 3.63) is 35.4 Å². The van der Waals surface area contributed by atoms with Crippen molar-refractivity contribution in [2.45, 2.75) is 39.7 Å². The third kappa shape index (κ3) is 6.53. The first-order valence-electron chi connectivity index (χ1n) is 5.59. The van der Waals surface area contributed by atoms with Gasteiger partial charge < -0.3 is 5.32 Å². The number of halogens is 1. The average Bonchev–Trinajstić information content (AvgIpc) is 2.21. The smallest absolute Gasteiger partial charge is 0.0205 e. The Hall–Kier alpha value is -0.530. The van der Waals surface area contributed by atoms with Crippen molar-refractivity contribution in [3.63, 3.8) is 0 Å². The van der Waals surface area contributed by atoms with Crippen LogP contribution in [0, 0.1) is 6.92 Å². The van der Waals surface area contributed by atoms with Crippen LogP contribution in [-0.4, -0.2) is 6.54 Å². The van der Waals surface area contributed by atoms with Crippen molar-refractivity contribution in [1.29, 1.82) is 0 Å². The van der Waals surface area contributed by atoms with Gasteiger partial charge in [-0.25, -0.2) is 0 Å². The molecule has 0 amide bonds. The summed E-state index contributed by atoms with van der Waals surface area (Å²) in [6, 6.07) is 8.73. The molecule has 0 radical (unpaired) electrons. The lowest BCUT2D eigenvalue weighted by atomic mass is 10.1. The zero-order valence-electron chi connectivity index (χ0n) is 9.75. The highest BCUT2D eigenvalue weighted by molar-refractivity contribution is 5.85. The lowest BCUT2D eigenvalue weighted by Crippen LogP contribution is -2.14. The van der Waals surface area contributed by atoms with E-state index in [1.807, 2.05) is 0 Å². The Balaban J connectivity index is 0.00000196. The van der Waals surface area contributed by atoms with Crippen LogP contribution in [-0.2, 0) is 6.54 Å². The second-order valence-corrected chi connectivity index (χ2v) is 3.87. The van der Waals surface area contributed by atoms with Gasteiger partial charge in [-0.15, -0.1) is 12.4 Å². The summed E-state index contributed by atoms with van der Waals surface area (Å²) in [5, 5.41) is 3.46. The molecule has 1 N–H and O–H groups in total. The van der Waals surface area contributed by atoms with E-state index in [2.05, 4.69) is 43.4 Å². The minimum Gasteiger partial charge on any atom is -0.313 e. The van der Waals surface area contributed by atoms with Crippen molar-refractivity contribution in [1.82, 2.24) is 5.32 Å². The number of rotatable bonds is 6. The van der Waals surface area contributed by atoms with Gasteiger partial charge in [0, 0.05) is 6.54 Å². The topological polar surface area (TPSA) is 12.0 Å². The van der Waals surface area contributed by atoms with Crippen LogP contribution in [0.3, 0.4) is 0 Å². The SMILES string of the molecule is CCCCCNCc1ccc(C)cc1.Cl. The molecule has 0 aliphatic rings. The van der Waals surface area contributed by atoms with Crippen LogP contribution < -0.4 is 5.32 Å². The first-order valence-corrected chi connectivity index (χ1v) is 5.59. The van der Waals surface area contributed by atoms with Gasteiger partial charge in [0.05, 0.1) is 0 Å². The van der Waals surface area contributed by atoms with E-state index in [1.54, 1.807) is 0 Å². The van der Waals surface area contributed by atoms with Crippen molar-refractivity contribution in [2.24, 2.45) is 0 Å². The van der Waals surface area contributed by atoms with Gasteiger partial charge in [-0.3, -0.25) is 0 Å². The van der Waals surface area contributed by atoms with E-state index in [9.17, 15) is 0 Å². The van der Waals surface area contributed by atoms with Crippen LogP contribution >= 0.6 is 12.4 Å². The van der Waals surface area contributed by atoms with E-state index < -0.39 is 0 Å². The van der Waals surface area contributed by atoms with Gasteiger partial charge in [0.1, 0.15) is 0 Å². The number of benzene rings is 1. The molecule has 0 atom stereocenters. The number of hydrogen-bond donors (Lipinski definition) is 1. The number of hydrogen-bond acceptors (Lipinski definition) is 1. The Morgan fingerprint density at radius 2 is 1.73 bits per heavy atom. The summed E-state index contributed by atoms with van der Waals surface area (Å²) in [6.45, 7) is 6.50. The summed E-state index contributed by atoms with van der Waals surface area (Å²) in [7, 11) is 0. The first kappa shape index (κ1) is 14.5. The van der Waals surface area contributed by atoms with E-state index >= 15 is 0 Å². The third-order valence-corrected chi connectivity index (χ3v) is 2.41. The molecule has 0 bridgehead atoms. The summed E-state index contributed by atoms with van der Waals surface area (Å²) in [6.07, 6.45) is 3.93. The molecule has 0 aliphatic carbocycles. The van der Waals surface area contributed by atoms with Gasteiger partial charge in [-0.1, -0.05) is 49.6 Å². The lowest BCUT2D eigenvalue weighted by molar-refractivity contribution is 0.617. The molecular formula is C13H22ClN. The molecular weight excluding hydrogens is 206 g/mol. The van der Waals surface area contributed by atoms with Crippen molar-refractivity contribution in [2.75, 3.05) is 6.54 Å². The molecule has 0 heterocycles. The lowest BCUT2D eigenvalue weighted by Gasteiger charge is -2.04. The van der Waals surface area contributed by atoms with Gasteiger partial charge in [0.2, 0.25) is 0 Å². The third-order valence-electron chi connectivity index (χ3n) is 2.41. The van der Waals surface area contributed by atoms with Crippen LogP contribution in [0.4, 0.5) is 0 Å². The van der Waals surface area contributed by atoms with Crippen molar-refractivity contribution >= 4 is 12.4 Å². The summed E-state index contributed by atoms with van der Waals surface area (Å²) in [4.78, 5) is 0. The number of nitrogens with one attached hydrogen (secondary N) is 1. The summed E-state index contributed by atoms with van der Waals surface area (Å²) in [5.41, 5.74) is 2.71.